The molecule has 1 fully saturated rings. The van der Waals surface area contributed by atoms with E-state index in [1.165, 1.54) is 25.0 Å². The summed E-state index contributed by atoms with van der Waals surface area (Å²) in [6, 6.07) is 5.40. The minimum absolute atomic E-state index is 0.297. The number of benzene rings is 1. The van der Waals surface area contributed by atoms with Crippen molar-refractivity contribution in [3.8, 4) is 5.75 Å². The van der Waals surface area contributed by atoms with Gasteiger partial charge in [0.1, 0.15) is 5.75 Å². The van der Waals surface area contributed by atoms with Gasteiger partial charge in [-0.05, 0) is 37.1 Å². The third-order valence-electron chi connectivity index (χ3n) is 2.77. The van der Waals surface area contributed by atoms with Gasteiger partial charge in [0.15, 0.2) is 0 Å². The van der Waals surface area contributed by atoms with Crippen LogP contribution in [0.2, 0.25) is 0 Å². The molecule has 2 rings (SSSR count). The van der Waals surface area contributed by atoms with Gasteiger partial charge in [-0.25, -0.2) is 0 Å². The number of hydrogen-bond donors (Lipinski definition) is 2. The van der Waals surface area contributed by atoms with Crippen molar-refractivity contribution in [2.45, 2.75) is 25.2 Å². The van der Waals surface area contributed by atoms with Crippen LogP contribution in [-0.4, -0.2) is 31.4 Å². The summed E-state index contributed by atoms with van der Waals surface area (Å²) in [4.78, 5) is 11.7. The molecule has 1 aliphatic rings. The van der Waals surface area contributed by atoms with Crippen molar-refractivity contribution in [3.05, 3.63) is 29.8 Å². The Kier molecular flexibility index (Phi) is 4.49. The van der Waals surface area contributed by atoms with Crippen LogP contribution in [0.25, 0.3) is 0 Å². The van der Waals surface area contributed by atoms with Crippen LogP contribution >= 0.6 is 0 Å². The van der Waals surface area contributed by atoms with E-state index in [0.29, 0.717) is 24.7 Å². The van der Waals surface area contributed by atoms with E-state index in [1.54, 1.807) is 0 Å². The summed E-state index contributed by atoms with van der Waals surface area (Å²) in [5.41, 5.74) is 0.297. The molecule has 0 aliphatic heterocycles. The lowest BCUT2D eigenvalue weighted by atomic mass is 10.2. The van der Waals surface area contributed by atoms with Gasteiger partial charge in [-0.2, -0.15) is 0 Å². The Balaban J connectivity index is 1.77. The highest BCUT2D eigenvalue weighted by Crippen LogP contribution is 2.22. The normalized spacial score (nSPS) is 14.9. The van der Waals surface area contributed by atoms with Crippen molar-refractivity contribution in [1.82, 2.24) is 10.6 Å². The lowest BCUT2D eigenvalue weighted by molar-refractivity contribution is -0.274. The first kappa shape index (κ1) is 14.6. The number of halogens is 3. The van der Waals surface area contributed by atoms with Crippen molar-refractivity contribution in [2.24, 2.45) is 0 Å². The maximum atomic E-state index is 12.0. The predicted octanol–water partition coefficient (Wildman–Crippen LogP) is 2.07. The molecule has 1 aliphatic carbocycles. The molecule has 1 aromatic rings. The van der Waals surface area contributed by atoms with Crippen molar-refractivity contribution in [2.75, 3.05) is 13.1 Å². The standard InChI is InChI=1S/C13H15F3N2O2/c14-13(15,16)20-11-5-1-9(2-6-11)12(19)18-8-7-17-10-3-4-10/h1-2,5-6,10,17H,3-4,7-8H2,(H,18,19). The number of nitrogens with one attached hydrogen (secondary N) is 2. The van der Waals surface area contributed by atoms with Crippen LogP contribution in [-0.2, 0) is 0 Å². The average molecular weight is 288 g/mol. The van der Waals surface area contributed by atoms with Crippen LogP contribution in [0.15, 0.2) is 24.3 Å². The zero-order chi connectivity index (χ0) is 14.6. The van der Waals surface area contributed by atoms with Gasteiger partial charge in [0.2, 0.25) is 0 Å². The van der Waals surface area contributed by atoms with Crippen LogP contribution < -0.4 is 15.4 Å². The molecule has 0 aromatic heterocycles. The molecule has 110 valence electrons. The molecule has 20 heavy (non-hydrogen) atoms. The summed E-state index contributed by atoms with van der Waals surface area (Å²) < 4.78 is 39.6. The maximum absolute atomic E-state index is 12.0. The van der Waals surface area contributed by atoms with Gasteiger partial charge in [0, 0.05) is 24.7 Å². The van der Waals surface area contributed by atoms with Crippen LogP contribution in [0.3, 0.4) is 0 Å². The van der Waals surface area contributed by atoms with E-state index in [0.717, 1.165) is 12.1 Å². The van der Waals surface area contributed by atoms with Crippen molar-refractivity contribution >= 4 is 5.91 Å². The number of amides is 1. The highest BCUT2D eigenvalue weighted by Gasteiger charge is 2.31. The topological polar surface area (TPSA) is 50.4 Å². The van der Waals surface area contributed by atoms with E-state index in [1.807, 2.05) is 0 Å². The molecule has 2 N–H and O–H groups in total. The number of rotatable bonds is 6. The van der Waals surface area contributed by atoms with Gasteiger partial charge in [-0.1, -0.05) is 0 Å². The summed E-state index contributed by atoms with van der Waals surface area (Å²) in [5, 5.41) is 5.92. The fourth-order valence-electron chi connectivity index (χ4n) is 1.65. The quantitative estimate of drug-likeness (QED) is 0.788. The number of alkyl halides is 3. The van der Waals surface area contributed by atoms with E-state index in [-0.39, 0.29) is 11.7 Å². The molecule has 0 atom stereocenters. The molecule has 1 aromatic carbocycles. The molecule has 0 heterocycles. The Bertz CT molecular complexity index is 456. The fraction of sp³-hybridized carbons (Fsp3) is 0.462. The number of carbonyl (C=O) groups is 1. The fourth-order valence-corrected chi connectivity index (χ4v) is 1.65. The predicted molar refractivity (Wildman–Crippen MR) is 66.5 cm³/mol. The number of hydrogen-bond acceptors (Lipinski definition) is 3. The molecule has 1 saturated carbocycles. The summed E-state index contributed by atoms with van der Waals surface area (Å²) in [7, 11) is 0. The van der Waals surface area contributed by atoms with Crippen LogP contribution in [0.5, 0.6) is 5.75 Å². The third-order valence-corrected chi connectivity index (χ3v) is 2.77. The second-order valence-corrected chi connectivity index (χ2v) is 4.56. The van der Waals surface area contributed by atoms with Crippen molar-refractivity contribution in [1.29, 1.82) is 0 Å². The summed E-state index contributed by atoms with van der Waals surface area (Å²) in [6.45, 7) is 1.17. The Morgan fingerprint density at radius 2 is 1.85 bits per heavy atom. The SMILES string of the molecule is O=C(NCCNC1CC1)c1ccc(OC(F)(F)F)cc1. The molecule has 7 heteroatoms. The van der Waals surface area contributed by atoms with Gasteiger partial charge >= 0.3 is 6.36 Å². The van der Waals surface area contributed by atoms with Crippen LogP contribution in [0.4, 0.5) is 13.2 Å². The monoisotopic (exact) mass is 288 g/mol. The van der Waals surface area contributed by atoms with Gasteiger partial charge in [0.05, 0.1) is 0 Å². The first-order chi connectivity index (χ1) is 9.44. The Labute approximate surface area is 114 Å². The molecule has 0 bridgehead atoms. The zero-order valence-electron chi connectivity index (χ0n) is 10.7. The molecular weight excluding hydrogens is 273 g/mol. The average Bonchev–Trinajstić information content (AvgIpc) is 3.17. The van der Waals surface area contributed by atoms with E-state index >= 15 is 0 Å². The first-order valence-corrected chi connectivity index (χ1v) is 6.31. The molecule has 0 saturated heterocycles. The van der Waals surface area contributed by atoms with Crippen molar-refractivity contribution in [3.63, 3.8) is 0 Å². The van der Waals surface area contributed by atoms with Gasteiger partial charge < -0.3 is 15.4 Å². The van der Waals surface area contributed by atoms with Gasteiger partial charge in [0.25, 0.3) is 5.91 Å². The highest BCUT2D eigenvalue weighted by molar-refractivity contribution is 5.94. The molecule has 0 unspecified atom stereocenters. The van der Waals surface area contributed by atoms with E-state index in [4.69, 9.17) is 0 Å². The minimum Gasteiger partial charge on any atom is -0.406 e. The van der Waals surface area contributed by atoms with Gasteiger partial charge in [-0.3, -0.25) is 4.79 Å². The molecule has 0 spiro atoms. The Morgan fingerprint density at radius 3 is 2.40 bits per heavy atom. The smallest absolute Gasteiger partial charge is 0.406 e. The van der Waals surface area contributed by atoms with Gasteiger partial charge in [-0.15, -0.1) is 13.2 Å². The molecular formula is C13H15F3N2O2. The summed E-state index contributed by atoms with van der Waals surface area (Å²) in [5.74, 6) is -0.661. The van der Waals surface area contributed by atoms with Crippen LogP contribution in [0.1, 0.15) is 23.2 Å². The second kappa shape index (κ2) is 6.13. The zero-order valence-corrected chi connectivity index (χ0v) is 10.7. The summed E-state index contributed by atoms with van der Waals surface area (Å²) in [6.07, 6.45) is -2.37. The molecule has 1 amide bonds. The maximum Gasteiger partial charge on any atom is 0.573 e. The second-order valence-electron chi connectivity index (χ2n) is 4.56. The lowest BCUT2D eigenvalue weighted by Crippen LogP contribution is -2.32. The Morgan fingerprint density at radius 1 is 1.20 bits per heavy atom. The lowest BCUT2D eigenvalue weighted by Gasteiger charge is -2.09. The van der Waals surface area contributed by atoms with E-state index < -0.39 is 6.36 Å². The van der Waals surface area contributed by atoms with E-state index in [2.05, 4.69) is 15.4 Å². The first-order valence-electron chi connectivity index (χ1n) is 6.31. The van der Waals surface area contributed by atoms with Crippen LogP contribution in [0, 0.1) is 0 Å². The largest absolute Gasteiger partial charge is 0.573 e. The Hall–Kier alpha value is -1.76. The summed E-state index contributed by atoms with van der Waals surface area (Å²) >= 11 is 0. The minimum atomic E-state index is -4.72. The molecule has 0 radical (unpaired) electrons. The number of carbonyl (C=O) groups excluding carboxylic acids is 1. The van der Waals surface area contributed by atoms with E-state index in [9.17, 15) is 18.0 Å². The highest BCUT2D eigenvalue weighted by atomic mass is 19.4. The van der Waals surface area contributed by atoms with Crippen molar-refractivity contribution < 1.29 is 22.7 Å². The third kappa shape index (κ3) is 5.08. The number of ether oxygens (including phenoxy) is 1. The molecule has 4 nitrogen and oxygen atoms in total.